The van der Waals surface area contributed by atoms with Gasteiger partial charge in [-0.25, -0.2) is 20.8 Å². The Balaban J connectivity index is 1.76. The maximum Gasteiger partial charge on any atom is 0.317 e. The van der Waals surface area contributed by atoms with E-state index in [1.165, 1.54) is 0 Å². The minimum atomic E-state index is -3.37. The van der Waals surface area contributed by atoms with Crippen molar-refractivity contribution in [2.75, 3.05) is 5.32 Å². The summed E-state index contributed by atoms with van der Waals surface area (Å²) >= 11 is 0. The molecular formula is C18H19F2N5O2. The number of nitrogens with two attached hydrogens (primary N) is 1. The van der Waals surface area contributed by atoms with Crippen LogP contribution in [-0.4, -0.2) is 33.2 Å². The van der Waals surface area contributed by atoms with Crippen LogP contribution >= 0.6 is 0 Å². The van der Waals surface area contributed by atoms with Gasteiger partial charge in [0.25, 0.3) is 5.91 Å². The Labute approximate surface area is 154 Å². The number of benzene rings is 1. The van der Waals surface area contributed by atoms with E-state index >= 15 is 0 Å². The second kappa shape index (κ2) is 7.36. The Kier molecular flexibility index (Phi) is 5.13. The van der Waals surface area contributed by atoms with Crippen molar-refractivity contribution >= 4 is 17.8 Å². The number of alkyl halides is 2. The summed E-state index contributed by atoms with van der Waals surface area (Å²) < 4.78 is 24.8. The number of hydrogen-bond acceptors (Lipinski definition) is 6. The van der Waals surface area contributed by atoms with Crippen molar-refractivity contribution in [1.29, 1.82) is 0 Å². The van der Waals surface area contributed by atoms with E-state index in [1.807, 2.05) is 25.1 Å². The molecule has 2 aromatic rings. The van der Waals surface area contributed by atoms with E-state index in [0.717, 1.165) is 42.8 Å². The fourth-order valence-corrected chi connectivity index (χ4v) is 3.02. The van der Waals surface area contributed by atoms with Crippen LogP contribution in [0.5, 0.6) is 0 Å². The fraction of sp³-hybridized carbons (Fsp3) is 0.333. The van der Waals surface area contributed by atoms with Crippen molar-refractivity contribution in [1.82, 2.24) is 15.0 Å². The van der Waals surface area contributed by atoms with Crippen LogP contribution in [0, 0.1) is 6.92 Å². The highest BCUT2D eigenvalue weighted by atomic mass is 19.3. The van der Waals surface area contributed by atoms with E-state index in [4.69, 9.17) is 5.84 Å². The van der Waals surface area contributed by atoms with Crippen LogP contribution in [0.3, 0.4) is 0 Å². The Hall–Kier alpha value is -2.94. The summed E-state index contributed by atoms with van der Waals surface area (Å²) in [5, 5.41) is 3.18. The molecule has 0 bridgehead atoms. The van der Waals surface area contributed by atoms with Crippen LogP contribution in [0.2, 0.25) is 0 Å². The molecule has 1 aromatic carbocycles. The largest absolute Gasteiger partial charge is 0.345 e. The molecule has 0 spiro atoms. The molecule has 27 heavy (non-hydrogen) atoms. The van der Waals surface area contributed by atoms with Gasteiger partial charge in [-0.15, -0.1) is 0 Å². The minimum Gasteiger partial charge on any atom is -0.345 e. The number of amides is 2. The number of carbonyl (C=O) groups excluding carboxylic acids is 2. The summed E-state index contributed by atoms with van der Waals surface area (Å²) in [4.78, 5) is 31.2. The Bertz CT molecular complexity index is 853. The topological polar surface area (TPSA) is 101 Å². The molecular weight excluding hydrogens is 356 g/mol. The smallest absolute Gasteiger partial charge is 0.317 e. The second-order valence-corrected chi connectivity index (χ2v) is 6.54. The van der Waals surface area contributed by atoms with Crippen LogP contribution in [0.1, 0.15) is 40.7 Å². The summed E-state index contributed by atoms with van der Waals surface area (Å²) in [5.41, 5.74) is 1.85. The van der Waals surface area contributed by atoms with Gasteiger partial charge in [-0.3, -0.25) is 9.59 Å². The highest BCUT2D eigenvalue weighted by Crippen LogP contribution is 2.43. The minimum absolute atomic E-state index is 0.128. The molecule has 0 radical (unpaired) electrons. The molecule has 0 atom stereocenters. The number of nitrogens with zero attached hydrogens (tertiary/aromatic N) is 3. The predicted octanol–water partition coefficient (Wildman–Crippen LogP) is 2.38. The van der Waals surface area contributed by atoms with Gasteiger partial charge in [0.2, 0.25) is 5.95 Å². The molecule has 3 N–H and O–H groups in total. The van der Waals surface area contributed by atoms with Gasteiger partial charge in [-0.1, -0.05) is 29.8 Å². The van der Waals surface area contributed by atoms with Crippen LogP contribution in [0.15, 0.2) is 36.7 Å². The quantitative estimate of drug-likeness (QED) is 0.473. The van der Waals surface area contributed by atoms with E-state index in [-0.39, 0.29) is 16.1 Å². The first-order valence-corrected chi connectivity index (χ1v) is 8.41. The van der Waals surface area contributed by atoms with Crippen LogP contribution in [0.25, 0.3) is 0 Å². The average Bonchev–Trinajstić information content (AvgIpc) is 2.63. The average molecular weight is 375 g/mol. The molecule has 9 heteroatoms. The number of imide groups is 1. The van der Waals surface area contributed by atoms with Gasteiger partial charge in [0, 0.05) is 12.4 Å². The number of halogens is 2. The summed E-state index contributed by atoms with van der Waals surface area (Å²) in [7, 11) is 0. The van der Waals surface area contributed by atoms with Gasteiger partial charge in [-0.05, 0) is 31.7 Å². The third-order valence-corrected chi connectivity index (χ3v) is 4.67. The summed E-state index contributed by atoms with van der Waals surface area (Å²) in [6, 6.07) is 8.16. The molecule has 142 valence electrons. The molecule has 7 nitrogen and oxygen atoms in total. The molecule has 3 rings (SSSR count). The lowest BCUT2D eigenvalue weighted by Crippen LogP contribution is -2.45. The molecule has 0 unspecified atom stereocenters. The number of aromatic nitrogens is 2. The highest BCUT2D eigenvalue weighted by molar-refractivity contribution is 6.04. The Morgan fingerprint density at radius 1 is 1.26 bits per heavy atom. The third-order valence-electron chi connectivity index (χ3n) is 4.67. The van der Waals surface area contributed by atoms with Crippen molar-refractivity contribution in [2.24, 2.45) is 5.84 Å². The molecule has 1 heterocycles. The lowest BCUT2D eigenvalue weighted by atomic mass is 9.71. The maximum absolute atomic E-state index is 12.4. The number of carbonyl (C=O) groups is 2. The number of hydrazine groups is 1. The highest BCUT2D eigenvalue weighted by Gasteiger charge is 2.39. The van der Waals surface area contributed by atoms with E-state index in [0.29, 0.717) is 5.95 Å². The van der Waals surface area contributed by atoms with E-state index in [1.54, 1.807) is 0 Å². The van der Waals surface area contributed by atoms with Gasteiger partial charge < -0.3 is 5.32 Å². The molecule has 1 aliphatic carbocycles. The number of aryl methyl sites for hydroxylation is 1. The zero-order valence-electron chi connectivity index (χ0n) is 14.7. The maximum atomic E-state index is 12.4. The summed E-state index contributed by atoms with van der Waals surface area (Å²) in [6.45, 7) is 2.02. The Morgan fingerprint density at radius 2 is 1.93 bits per heavy atom. The summed E-state index contributed by atoms with van der Waals surface area (Å²) in [6.07, 6.45) is 1.83. The van der Waals surface area contributed by atoms with Crippen molar-refractivity contribution in [3.8, 4) is 0 Å². The van der Waals surface area contributed by atoms with Crippen LogP contribution in [-0.2, 0) is 10.3 Å². The molecule has 1 fully saturated rings. The zero-order chi connectivity index (χ0) is 19.6. The SMILES string of the molecule is Cc1cccc(C2(Nc3ncc(C(=O)N(N)C(=O)C(F)F)cn3)CCC2)c1. The first-order valence-electron chi connectivity index (χ1n) is 8.41. The standard InChI is InChI=1S/C18H19F2N5O2/c1-11-4-2-5-13(8-11)18(6-3-7-18)24-17-22-9-12(10-23-17)15(26)25(21)16(27)14(19)20/h2,4-5,8-10,14H,3,6-7,21H2,1H3,(H,22,23,24). The van der Waals surface area contributed by atoms with Gasteiger partial charge >= 0.3 is 12.3 Å². The van der Waals surface area contributed by atoms with Gasteiger partial charge in [0.05, 0.1) is 11.1 Å². The van der Waals surface area contributed by atoms with Crippen LogP contribution < -0.4 is 11.2 Å². The normalized spacial score (nSPS) is 15.1. The van der Waals surface area contributed by atoms with Gasteiger partial charge in [-0.2, -0.15) is 8.78 Å². The third kappa shape index (κ3) is 3.77. The number of anilines is 1. The molecule has 1 aliphatic rings. The number of nitrogens with one attached hydrogen (secondary N) is 1. The first kappa shape index (κ1) is 18.8. The van der Waals surface area contributed by atoms with Crippen molar-refractivity contribution < 1.29 is 18.4 Å². The number of rotatable bonds is 5. The second-order valence-electron chi connectivity index (χ2n) is 6.54. The molecule has 0 aliphatic heterocycles. The van der Waals surface area contributed by atoms with E-state index in [2.05, 4.69) is 21.4 Å². The zero-order valence-corrected chi connectivity index (χ0v) is 14.7. The van der Waals surface area contributed by atoms with E-state index < -0.39 is 18.2 Å². The predicted molar refractivity (Wildman–Crippen MR) is 93.7 cm³/mol. The Morgan fingerprint density at radius 3 is 2.44 bits per heavy atom. The lowest BCUT2D eigenvalue weighted by molar-refractivity contribution is -0.140. The van der Waals surface area contributed by atoms with Crippen molar-refractivity contribution in [3.05, 3.63) is 53.3 Å². The molecule has 1 saturated carbocycles. The van der Waals surface area contributed by atoms with Crippen molar-refractivity contribution in [3.63, 3.8) is 0 Å². The molecule has 2 amide bonds. The summed E-state index contributed by atoms with van der Waals surface area (Å²) in [5.74, 6) is 2.56. The molecule has 1 aromatic heterocycles. The van der Waals surface area contributed by atoms with Gasteiger partial charge in [0.15, 0.2) is 0 Å². The number of hydrogen-bond donors (Lipinski definition) is 2. The van der Waals surface area contributed by atoms with Crippen molar-refractivity contribution in [2.45, 2.75) is 38.2 Å². The monoisotopic (exact) mass is 375 g/mol. The first-order chi connectivity index (χ1) is 12.8. The van der Waals surface area contributed by atoms with Crippen LogP contribution in [0.4, 0.5) is 14.7 Å². The van der Waals surface area contributed by atoms with Gasteiger partial charge in [0.1, 0.15) is 0 Å². The lowest BCUT2D eigenvalue weighted by Gasteiger charge is -2.43. The van der Waals surface area contributed by atoms with E-state index in [9.17, 15) is 18.4 Å². The fourth-order valence-electron chi connectivity index (χ4n) is 3.02. The molecule has 0 saturated heterocycles.